The van der Waals surface area contributed by atoms with Crippen LogP contribution in [-0.2, 0) is 4.79 Å². The van der Waals surface area contributed by atoms with Crippen molar-refractivity contribution >= 4 is 5.91 Å². The SMILES string of the molecule is CCC1(C)CC(NC(C)=O)c2cc(C(O)C(C)C)ccc2O1. The number of benzene rings is 1. The van der Waals surface area contributed by atoms with E-state index in [4.69, 9.17) is 4.74 Å². The Kier molecular flexibility index (Phi) is 4.81. The van der Waals surface area contributed by atoms with Crippen LogP contribution in [0.5, 0.6) is 5.75 Å². The fourth-order valence-electron chi connectivity index (χ4n) is 2.94. The number of hydrogen-bond donors (Lipinski definition) is 2. The fraction of sp³-hybridized carbons (Fsp3) is 0.611. The van der Waals surface area contributed by atoms with E-state index in [1.165, 1.54) is 6.92 Å². The van der Waals surface area contributed by atoms with Gasteiger partial charge in [0, 0.05) is 18.9 Å². The number of aliphatic hydroxyl groups excluding tert-OH is 1. The number of aliphatic hydroxyl groups is 1. The van der Waals surface area contributed by atoms with Crippen molar-refractivity contribution in [2.45, 2.75) is 65.2 Å². The Balaban J connectivity index is 2.42. The first-order chi connectivity index (χ1) is 10.3. The highest BCUT2D eigenvalue weighted by Gasteiger charge is 2.36. The number of fused-ring (bicyclic) bond motifs is 1. The largest absolute Gasteiger partial charge is 0.487 e. The summed E-state index contributed by atoms with van der Waals surface area (Å²) in [5.74, 6) is 0.892. The Bertz CT molecular complexity index is 555. The smallest absolute Gasteiger partial charge is 0.217 e. The molecule has 2 N–H and O–H groups in total. The molecule has 0 saturated carbocycles. The molecular weight excluding hydrogens is 278 g/mol. The monoisotopic (exact) mass is 305 g/mol. The van der Waals surface area contributed by atoms with Crippen LogP contribution in [0.1, 0.15) is 70.7 Å². The van der Waals surface area contributed by atoms with Gasteiger partial charge in [0.15, 0.2) is 0 Å². The Labute approximate surface area is 132 Å². The van der Waals surface area contributed by atoms with E-state index in [1.807, 2.05) is 32.0 Å². The van der Waals surface area contributed by atoms with Crippen LogP contribution in [0.25, 0.3) is 0 Å². The van der Waals surface area contributed by atoms with E-state index in [9.17, 15) is 9.90 Å². The number of carbonyl (C=O) groups excluding carboxylic acids is 1. The Hall–Kier alpha value is -1.55. The predicted molar refractivity (Wildman–Crippen MR) is 86.7 cm³/mol. The molecule has 0 aromatic heterocycles. The third-order valence-corrected chi connectivity index (χ3v) is 4.50. The second-order valence-electron chi connectivity index (χ2n) is 6.85. The molecule has 1 aromatic rings. The van der Waals surface area contributed by atoms with Crippen LogP contribution >= 0.6 is 0 Å². The summed E-state index contributed by atoms with van der Waals surface area (Å²) < 4.78 is 6.14. The van der Waals surface area contributed by atoms with Crippen molar-refractivity contribution in [3.63, 3.8) is 0 Å². The predicted octanol–water partition coefficient (Wildman–Crippen LogP) is 3.50. The lowest BCUT2D eigenvalue weighted by Gasteiger charge is -2.40. The summed E-state index contributed by atoms with van der Waals surface area (Å²) in [5.41, 5.74) is 1.55. The average molecular weight is 305 g/mol. The molecule has 122 valence electrons. The van der Waals surface area contributed by atoms with Gasteiger partial charge in [0.1, 0.15) is 11.4 Å². The molecule has 0 radical (unpaired) electrons. The van der Waals surface area contributed by atoms with Crippen molar-refractivity contribution in [1.29, 1.82) is 0 Å². The van der Waals surface area contributed by atoms with E-state index in [1.54, 1.807) is 0 Å². The highest BCUT2D eigenvalue weighted by Crippen LogP contribution is 2.42. The third-order valence-electron chi connectivity index (χ3n) is 4.50. The van der Waals surface area contributed by atoms with Crippen molar-refractivity contribution in [1.82, 2.24) is 5.32 Å². The van der Waals surface area contributed by atoms with Gasteiger partial charge in [-0.2, -0.15) is 0 Å². The molecule has 0 saturated heterocycles. The van der Waals surface area contributed by atoms with E-state index >= 15 is 0 Å². The van der Waals surface area contributed by atoms with E-state index < -0.39 is 6.10 Å². The summed E-state index contributed by atoms with van der Waals surface area (Å²) in [7, 11) is 0. The van der Waals surface area contributed by atoms with Crippen molar-refractivity contribution in [3.05, 3.63) is 29.3 Å². The summed E-state index contributed by atoms with van der Waals surface area (Å²) >= 11 is 0. The molecule has 0 spiro atoms. The first-order valence-corrected chi connectivity index (χ1v) is 8.04. The van der Waals surface area contributed by atoms with E-state index in [0.717, 1.165) is 29.7 Å². The van der Waals surface area contributed by atoms with E-state index in [2.05, 4.69) is 19.2 Å². The van der Waals surface area contributed by atoms with Crippen molar-refractivity contribution in [2.24, 2.45) is 5.92 Å². The molecule has 2 rings (SSSR count). The number of carbonyl (C=O) groups is 1. The number of hydrogen-bond acceptors (Lipinski definition) is 3. The highest BCUT2D eigenvalue weighted by atomic mass is 16.5. The molecule has 3 unspecified atom stereocenters. The zero-order chi connectivity index (χ0) is 16.5. The molecule has 0 aliphatic carbocycles. The molecular formula is C18H27NO3. The molecule has 1 aliphatic rings. The molecule has 4 heteroatoms. The number of nitrogens with one attached hydrogen (secondary N) is 1. The lowest BCUT2D eigenvalue weighted by Crippen LogP contribution is -2.42. The second-order valence-corrected chi connectivity index (χ2v) is 6.85. The van der Waals surface area contributed by atoms with Gasteiger partial charge in [-0.3, -0.25) is 4.79 Å². The molecule has 3 atom stereocenters. The highest BCUT2D eigenvalue weighted by molar-refractivity contribution is 5.73. The van der Waals surface area contributed by atoms with Crippen LogP contribution in [0.4, 0.5) is 0 Å². The standard InChI is InChI=1S/C18H27NO3/c1-6-18(5)10-15(19-12(4)20)14-9-13(17(21)11(2)3)7-8-16(14)22-18/h7-9,11,15,17,21H,6,10H2,1-5H3,(H,19,20). The fourth-order valence-corrected chi connectivity index (χ4v) is 2.94. The topological polar surface area (TPSA) is 58.6 Å². The molecule has 1 aliphatic heterocycles. The molecule has 22 heavy (non-hydrogen) atoms. The quantitative estimate of drug-likeness (QED) is 0.895. The summed E-state index contributed by atoms with van der Waals surface area (Å²) in [4.78, 5) is 11.5. The van der Waals surface area contributed by atoms with Crippen molar-refractivity contribution in [3.8, 4) is 5.75 Å². The van der Waals surface area contributed by atoms with Crippen LogP contribution in [0.3, 0.4) is 0 Å². The van der Waals surface area contributed by atoms with E-state index in [0.29, 0.717) is 0 Å². The van der Waals surface area contributed by atoms with Gasteiger partial charge in [0.25, 0.3) is 0 Å². The van der Waals surface area contributed by atoms with Gasteiger partial charge >= 0.3 is 0 Å². The van der Waals surface area contributed by atoms with Crippen LogP contribution in [-0.4, -0.2) is 16.6 Å². The minimum Gasteiger partial charge on any atom is -0.487 e. The zero-order valence-electron chi connectivity index (χ0n) is 14.1. The Morgan fingerprint density at radius 1 is 1.50 bits per heavy atom. The van der Waals surface area contributed by atoms with Gasteiger partial charge in [-0.05, 0) is 37.0 Å². The minimum atomic E-state index is -0.511. The first kappa shape index (κ1) is 16.8. The first-order valence-electron chi connectivity index (χ1n) is 8.04. The van der Waals surface area contributed by atoms with Gasteiger partial charge in [-0.1, -0.05) is 26.8 Å². The van der Waals surface area contributed by atoms with Crippen molar-refractivity contribution in [2.75, 3.05) is 0 Å². The maximum Gasteiger partial charge on any atom is 0.217 e. The molecule has 0 fully saturated rings. The van der Waals surface area contributed by atoms with Gasteiger partial charge < -0.3 is 15.2 Å². The Morgan fingerprint density at radius 3 is 2.73 bits per heavy atom. The molecule has 1 aromatic carbocycles. The number of amides is 1. The van der Waals surface area contributed by atoms with Gasteiger partial charge in [0.05, 0.1) is 12.1 Å². The molecule has 4 nitrogen and oxygen atoms in total. The minimum absolute atomic E-state index is 0.0499. The normalized spacial score (nSPS) is 25.3. The average Bonchev–Trinajstić information content (AvgIpc) is 2.45. The second kappa shape index (κ2) is 6.29. The third kappa shape index (κ3) is 3.43. The Morgan fingerprint density at radius 2 is 2.18 bits per heavy atom. The maximum atomic E-state index is 11.5. The van der Waals surface area contributed by atoms with Gasteiger partial charge in [0.2, 0.25) is 5.91 Å². The van der Waals surface area contributed by atoms with Gasteiger partial charge in [-0.15, -0.1) is 0 Å². The molecule has 1 amide bonds. The van der Waals surface area contributed by atoms with Gasteiger partial charge in [-0.25, -0.2) is 0 Å². The maximum absolute atomic E-state index is 11.5. The summed E-state index contributed by atoms with van der Waals surface area (Å²) in [6, 6.07) is 5.72. The zero-order valence-corrected chi connectivity index (χ0v) is 14.1. The van der Waals surface area contributed by atoms with Crippen molar-refractivity contribution < 1.29 is 14.6 Å². The lowest BCUT2D eigenvalue weighted by atomic mass is 9.85. The van der Waals surface area contributed by atoms with Crippen LogP contribution in [0.2, 0.25) is 0 Å². The molecule has 0 bridgehead atoms. The van der Waals surface area contributed by atoms with E-state index in [-0.39, 0.29) is 23.5 Å². The van der Waals surface area contributed by atoms with Crippen LogP contribution in [0.15, 0.2) is 18.2 Å². The lowest BCUT2D eigenvalue weighted by molar-refractivity contribution is -0.120. The van der Waals surface area contributed by atoms with Crippen LogP contribution < -0.4 is 10.1 Å². The molecule has 1 heterocycles. The summed E-state index contributed by atoms with van der Waals surface area (Å²) in [6.45, 7) is 9.67. The number of ether oxygens (including phenoxy) is 1. The summed E-state index contributed by atoms with van der Waals surface area (Å²) in [6.07, 6.45) is 1.10. The summed E-state index contributed by atoms with van der Waals surface area (Å²) in [5, 5.41) is 13.3. The van der Waals surface area contributed by atoms with Crippen LogP contribution in [0, 0.1) is 5.92 Å². The number of rotatable bonds is 4.